The first-order valence-corrected chi connectivity index (χ1v) is 15.1. The van der Waals surface area contributed by atoms with Crippen LogP contribution >= 0.6 is 11.8 Å². The zero-order chi connectivity index (χ0) is 28.3. The molecule has 0 radical (unpaired) electrons. The van der Waals surface area contributed by atoms with Gasteiger partial charge < -0.3 is 14.2 Å². The summed E-state index contributed by atoms with van der Waals surface area (Å²) in [6, 6.07) is 16.9. The summed E-state index contributed by atoms with van der Waals surface area (Å²) in [6.45, 7) is 2.73. The Morgan fingerprint density at radius 3 is 2.67 bits per heavy atom. The lowest BCUT2D eigenvalue weighted by molar-refractivity contribution is -0.0169. The molecule has 2 heterocycles. The number of carbonyl (C=O) groups excluding carboxylic acids is 1. The van der Waals surface area contributed by atoms with Crippen LogP contribution in [0.4, 0.5) is 0 Å². The van der Waals surface area contributed by atoms with Crippen LogP contribution in [0.25, 0.3) is 10.9 Å². The van der Waals surface area contributed by atoms with E-state index in [9.17, 15) is 18.0 Å². The van der Waals surface area contributed by atoms with Gasteiger partial charge in [0.1, 0.15) is 5.75 Å². The fourth-order valence-electron chi connectivity index (χ4n) is 4.42. The van der Waals surface area contributed by atoms with Crippen molar-refractivity contribution in [2.75, 3.05) is 13.4 Å². The van der Waals surface area contributed by atoms with Crippen molar-refractivity contribution in [2.24, 2.45) is 5.14 Å². The highest BCUT2D eigenvalue weighted by molar-refractivity contribution is 7.98. The van der Waals surface area contributed by atoms with Gasteiger partial charge in [-0.05, 0) is 55.3 Å². The van der Waals surface area contributed by atoms with Gasteiger partial charge in [0.2, 0.25) is 10.0 Å². The van der Waals surface area contributed by atoms with Crippen LogP contribution < -0.4 is 15.4 Å². The molecule has 40 heavy (non-hydrogen) atoms. The van der Waals surface area contributed by atoms with Crippen LogP contribution in [-0.2, 0) is 44.8 Å². The minimum atomic E-state index is -3.79. The average Bonchev–Trinajstić information content (AvgIpc) is 2.95. The number of aryl methyl sites for hydroxylation is 1. The van der Waals surface area contributed by atoms with Crippen molar-refractivity contribution in [3.63, 3.8) is 0 Å². The molecule has 208 valence electrons. The highest BCUT2D eigenvalue weighted by Crippen LogP contribution is 2.34. The number of ether oxygens (including phenoxy) is 3. The van der Waals surface area contributed by atoms with Gasteiger partial charge in [-0.1, -0.05) is 36.0 Å². The van der Waals surface area contributed by atoms with E-state index in [1.807, 2.05) is 6.07 Å². The van der Waals surface area contributed by atoms with E-state index >= 15 is 0 Å². The number of aromatic nitrogens is 2. The Labute approximate surface area is 235 Å². The molecule has 0 spiro atoms. The number of carbonyl (C=O) groups is 1. The Kier molecular flexibility index (Phi) is 8.22. The molecule has 1 aliphatic rings. The van der Waals surface area contributed by atoms with Crippen LogP contribution in [0.15, 0.2) is 75.5 Å². The van der Waals surface area contributed by atoms with Gasteiger partial charge >= 0.3 is 5.97 Å². The topological polar surface area (TPSA) is 140 Å². The quantitative estimate of drug-likeness (QED) is 0.178. The summed E-state index contributed by atoms with van der Waals surface area (Å²) in [5.74, 6) is 0.594. The van der Waals surface area contributed by atoms with Crippen molar-refractivity contribution < 1.29 is 27.4 Å². The van der Waals surface area contributed by atoms with Gasteiger partial charge in [-0.15, -0.1) is 0 Å². The van der Waals surface area contributed by atoms with Crippen LogP contribution in [0.1, 0.15) is 34.0 Å². The second kappa shape index (κ2) is 11.8. The maximum absolute atomic E-state index is 13.5. The molecule has 2 N–H and O–H groups in total. The lowest BCUT2D eigenvalue weighted by Gasteiger charge is -2.22. The van der Waals surface area contributed by atoms with Crippen molar-refractivity contribution >= 4 is 38.7 Å². The molecule has 5 rings (SSSR count). The number of rotatable bonds is 9. The number of fused-ring (bicyclic) bond motifs is 2. The van der Waals surface area contributed by atoms with Gasteiger partial charge in [-0.2, -0.15) is 0 Å². The molecular weight excluding hydrogens is 554 g/mol. The molecule has 10 nitrogen and oxygen atoms in total. The van der Waals surface area contributed by atoms with Crippen molar-refractivity contribution in [3.8, 4) is 5.75 Å². The highest BCUT2D eigenvalue weighted by atomic mass is 32.2. The number of hydrogen-bond acceptors (Lipinski definition) is 9. The van der Waals surface area contributed by atoms with Crippen molar-refractivity contribution in [1.29, 1.82) is 0 Å². The highest BCUT2D eigenvalue weighted by Gasteiger charge is 2.21. The smallest absolute Gasteiger partial charge is 0.338 e. The van der Waals surface area contributed by atoms with E-state index in [0.717, 1.165) is 16.7 Å². The average molecular weight is 582 g/mol. The number of sulfonamides is 1. The van der Waals surface area contributed by atoms with E-state index in [2.05, 4.69) is 0 Å². The van der Waals surface area contributed by atoms with Gasteiger partial charge in [-0.25, -0.2) is 23.3 Å². The van der Waals surface area contributed by atoms with E-state index in [-0.39, 0.29) is 23.9 Å². The van der Waals surface area contributed by atoms with Crippen molar-refractivity contribution in [2.45, 2.75) is 42.3 Å². The zero-order valence-corrected chi connectivity index (χ0v) is 23.3. The Bertz CT molecular complexity index is 1740. The summed E-state index contributed by atoms with van der Waals surface area (Å²) in [7, 11) is -3.79. The molecule has 0 aliphatic carbocycles. The second-order valence-electron chi connectivity index (χ2n) is 9.05. The number of nitrogens with zero attached hydrogens (tertiary/aromatic N) is 2. The first-order chi connectivity index (χ1) is 19.2. The molecule has 0 fully saturated rings. The van der Waals surface area contributed by atoms with E-state index in [4.69, 9.17) is 24.3 Å². The third kappa shape index (κ3) is 6.04. The number of esters is 1. The minimum Gasteiger partial charge on any atom is -0.467 e. The van der Waals surface area contributed by atoms with E-state index in [1.165, 1.54) is 23.9 Å². The molecule has 3 aromatic carbocycles. The van der Waals surface area contributed by atoms with Gasteiger partial charge in [0, 0.05) is 23.4 Å². The third-order valence-corrected chi connectivity index (χ3v) is 8.31. The van der Waals surface area contributed by atoms with Crippen LogP contribution in [-0.4, -0.2) is 37.3 Å². The summed E-state index contributed by atoms with van der Waals surface area (Å²) in [4.78, 5) is 30.8. The molecule has 0 saturated heterocycles. The molecule has 12 heteroatoms. The summed E-state index contributed by atoms with van der Waals surface area (Å²) in [5.41, 5.74) is 3.16. The van der Waals surface area contributed by atoms with E-state index < -0.39 is 16.0 Å². The van der Waals surface area contributed by atoms with Crippen LogP contribution in [0.3, 0.4) is 0 Å². The standard InChI is InChI=1S/C28H27N3O7S2/c1-2-37-27(33)19-13-20-15-36-17-38-25(20)21(14-19)16-39-28-30-24-6-4-3-5-23(24)26(32)31(28)12-11-18-7-9-22(10-8-18)40(29,34)35/h3-10,13-14H,2,11-12,15-17H2,1H3,(H2,29,34,35). The van der Waals surface area contributed by atoms with Gasteiger partial charge in [0.15, 0.2) is 11.9 Å². The molecule has 0 amide bonds. The number of nitrogens with two attached hydrogens (primary N) is 1. The SMILES string of the molecule is CCOC(=O)c1cc2c(c(CSc3nc4ccccc4c(=O)n3CCc3ccc(S(N)(=O)=O)cc3)c1)OCOC2. The molecule has 1 aliphatic heterocycles. The largest absolute Gasteiger partial charge is 0.467 e. The van der Waals surface area contributed by atoms with Crippen molar-refractivity contribution in [3.05, 3.63) is 93.3 Å². The zero-order valence-electron chi connectivity index (χ0n) is 21.7. The monoisotopic (exact) mass is 581 g/mol. The lowest BCUT2D eigenvalue weighted by atomic mass is 10.0. The van der Waals surface area contributed by atoms with Gasteiger partial charge in [0.25, 0.3) is 5.56 Å². The fourth-order valence-corrected chi connectivity index (χ4v) is 5.93. The van der Waals surface area contributed by atoms with Crippen LogP contribution in [0.2, 0.25) is 0 Å². The first-order valence-electron chi connectivity index (χ1n) is 12.5. The number of thioether (sulfide) groups is 1. The fraction of sp³-hybridized carbons (Fsp3) is 0.250. The van der Waals surface area contributed by atoms with Gasteiger partial charge in [-0.3, -0.25) is 9.36 Å². The molecule has 0 saturated carbocycles. The summed E-state index contributed by atoms with van der Waals surface area (Å²) in [5, 5.41) is 6.21. The number of primary sulfonamides is 1. The lowest BCUT2D eigenvalue weighted by Crippen LogP contribution is -2.24. The van der Waals surface area contributed by atoms with Gasteiger partial charge in [0.05, 0.1) is 34.6 Å². The Hall–Kier alpha value is -3.71. The summed E-state index contributed by atoms with van der Waals surface area (Å²) >= 11 is 1.36. The normalized spacial score (nSPS) is 13.1. The Morgan fingerprint density at radius 1 is 1.15 bits per heavy atom. The molecule has 0 atom stereocenters. The molecular formula is C28H27N3O7S2. The minimum absolute atomic E-state index is 0.0260. The van der Waals surface area contributed by atoms with E-state index in [0.29, 0.717) is 52.7 Å². The second-order valence-corrected chi connectivity index (χ2v) is 11.6. The third-order valence-electron chi connectivity index (χ3n) is 6.36. The maximum atomic E-state index is 13.5. The summed E-state index contributed by atoms with van der Waals surface area (Å²) < 4.78 is 41.2. The summed E-state index contributed by atoms with van der Waals surface area (Å²) in [6.07, 6.45) is 0.465. The predicted octanol–water partition coefficient (Wildman–Crippen LogP) is 3.62. The first kappa shape index (κ1) is 27.8. The maximum Gasteiger partial charge on any atom is 0.338 e. The number of benzene rings is 3. The predicted molar refractivity (Wildman–Crippen MR) is 150 cm³/mol. The number of hydrogen-bond donors (Lipinski definition) is 1. The molecule has 4 aromatic rings. The van der Waals surface area contributed by atoms with Crippen LogP contribution in [0, 0.1) is 0 Å². The Morgan fingerprint density at radius 2 is 1.93 bits per heavy atom. The molecule has 1 aromatic heterocycles. The molecule has 0 unspecified atom stereocenters. The Balaban J connectivity index is 1.47. The van der Waals surface area contributed by atoms with Crippen molar-refractivity contribution in [1.82, 2.24) is 9.55 Å². The molecule has 0 bridgehead atoms. The van der Waals surface area contributed by atoms with Crippen LogP contribution in [0.5, 0.6) is 5.75 Å². The number of para-hydroxylation sites is 1. The van der Waals surface area contributed by atoms with E-state index in [1.54, 1.807) is 54.0 Å².